The highest BCUT2D eigenvalue weighted by atomic mass is 16.5. The molecule has 0 saturated carbocycles. The van der Waals surface area contributed by atoms with Gasteiger partial charge in [0.1, 0.15) is 5.82 Å². The van der Waals surface area contributed by atoms with E-state index in [1.807, 2.05) is 6.92 Å². The zero-order valence-electron chi connectivity index (χ0n) is 21.6. The number of carbonyl (C=O) groups is 3. The standard InChI is InChI=1S/C30H29N5O4/c1-3-21-9-14-27(31-19-21)34-29(37)25-7-5-6-8-26(25)33-28(36)22-10-12-24(13-11-22)32-20-35-17-15-23(16-18-35)30(38)39-4-2/h1,5-14,19-20,23H,4,15-18H2,2H3,(H,33,36)(H,31,34,37). The number of hydrogen-bond acceptors (Lipinski definition) is 6. The minimum absolute atomic E-state index is 0.0549. The molecule has 1 aliphatic rings. The summed E-state index contributed by atoms with van der Waals surface area (Å²) in [5, 5.41) is 5.52. The number of aliphatic imine (C=N–C) groups is 1. The molecule has 3 aromatic rings. The summed E-state index contributed by atoms with van der Waals surface area (Å²) in [6.07, 6.45) is 10.1. The second-order valence-corrected chi connectivity index (χ2v) is 8.88. The topological polar surface area (TPSA) is 113 Å². The van der Waals surface area contributed by atoms with Gasteiger partial charge in [0.2, 0.25) is 0 Å². The molecule has 1 aromatic heterocycles. The molecule has 9 heteroatoms. The average molecular weight is 524 g/mol. The first-order valence-corrected chi connectivity index (χ1v) is 12.7. The fourth-order valence-corrected chi connectivity index (χ4v) is 4.08. The molecule has 0 bridgehead atoms. The molecule has 2 aromatic carbocycles. The van der Waals surface area contributed by atoms with Crippen LogP contribution in [-0.4, -0.2) is 53.7 Å². The second-order valence-electron chi connectivity index (χ2n) is 8.88. The number of likely N-dealkylation sites (tertiary alicyclic amines) is 1. The highest BCUT2D eigenvalue weighted by Gasteiger charge is 2.24. The first kappa shape index (κ1) is 27.1. The van der Waals surface area contributed by atoms with E-state index in [2.05, 4.69) is 31.4 Å². The molecule has 0 aliphatic carbocycles. The number of carbonyl (C=O) groups excluding carboxylic acids is 3. The van der Waals surface area contributed by atoms with Crippen molar-refractivity contribution in [1.82, 2.24) is 9.88 Å². The van der Waals surface area contributed by atoms with Crippen LogP contribution in [0.25, 0.3) is 0 Å². The average Bonchev–Trinajstić information content (AvgIpc) is 2.97. The number of ether oxygens (including phenoxy) is 1. The number of esters is 1. The Balaban J connectivity index is 1.34. The molecule has 0 radical (unpaired) electrons. The summed E-state index contributed by atoms with van der Waals surface area (Å²) in [6.45, 7) is 3.67. The number of rotatable bonds is 8. The van der Waals surface area contributed by atoms with Crippen LogP contribution in [0.15, 0.2) is 71.9 Å². The molecule has 1 aliphatic heterocycles. The van der Waals surface area contributed by atoms with Gasteiger partial charge in [-0.25, -0.2) is 9.98 Å². The van der Waals surface area contributed by atoms with Crippen molar-refractivity contribution in [3.8, 4) is 12.3 Å². The second kappa shape index (κ2) is 13.0. The Hall–Kier alpha value is -4.97. The molecule has 9 nitrogen and oxygen atoms in total. The van der Waals surface area contributed by atoms with Crippen LogP contribution in [0.4, 0.5) is 17.2 Å². The van der Waals surface area contributed by atoms with Crippen molar-refractivity contribution in [3.05, 3.63) is 83.6 Å². The number of anilines is 2. The van der Waals surface area contributed by atoms with Gasteiger partial charge in [0.05, 0.1) is 35.8 Å². The van der Waals surface area contributed by atoms with Gasteiger partial charge in [-0.05, 0) is 68.3 Å². The molecule has 198 valence electrons. The van der Waals surface area contributed by atoms with Gasteiger partial charge in [-0.3, -0.25) is 14.4 Å². The number of piperidine rings is 1. The number of pyridine rings is 1. The lowest BCUT2D eigenvalue weighted by Gasteiger charge is -2.29. The Morgan fingerprint density at radius 2 is 1.79 bits per heavy atom. The molecule has 0 spiro atoms. The maximum atomic E-state index is 12.9. The van der Waals surface area contributed by atoms with E-state index in [0.29, 0.717) is 40.5 Å². The van der Waals surface area contributed by atoms with E-state index in [1.165, 1.54) is 6.20 Å². The highest BCUT2D eigenvalue weighted by Crippen LogP contribution is 2.21. The Labute approximate surface area is 227 Å². The fourth-order valence-electron chi connectivity index (χ4n) is 4.08. The molecule has 4 rings (SSSR count). The van der Waals surface area contributed by atoms with Gasteiger partial charge >= 0.3 is 5.97 Å². The van der Waals surface area contributed by atoms with E-state index in [0.717, 1.165) is 25.9 Å². The number of benzene rings is 2. The Morgan fingerprint density at radius 1 is 1.05 bits per heavy atom. The van der Waals surface area contributed by atoms with E-state index in [9.17, 15) is 14.4 Å². The summed E-state index contributed by atoms with van der Waals surface area (Å²) in [7, 11) is 0. The molecule has 1 saturated heterocycles. The predicted octanol–water partition coefficient (Wildman–Crippen LogP) is 4.50. The first-order valence-electron chi connectivity index (χ1n) is 12.7. The van der Waals surface area contributed by atoms with Crippen LogP contribution in [0.2, 0.25) is 0 Å². The lowest BCUT2D eigenvalue weighted by molar-refractivity contribution is -0.149. The summed E-state index contributed by atoms with van der Waals surface area (Å²) in [5.74, 6) is 1.87. The van der Waals surface area contributed by atoms with Crippen molar-refractivity contribution >= 4 is 41.3 Å². The van der Waals surface area contributed by atoms with Gasteiger partial charge in [0.15, 0.2) is 0 Å². The molecule has 1 fully saturated rings. The van der Waals surface area contributed by atoms with Gasteiger partial charge in [-0.1, -0.05) is 18.1 Å². The lowest BCUT2D eigenvalue weighted by atomic mass is 9.97. The normalized spacial score (nSPS) is 13.5. The third kappa shape index (κ3) is 7.29. The third-order valence-electron chi connectivity index (χ3n) is 6.24. The van der Waals surface area contributed by atoms with Crippen LogP contribution in [0.5, 0.6) is 0 Å². The summed E-state index contributed by atoms with van der Waals surface area (Å²) in [4.78, 5) is 48.3. The molecule has 2 heterocycles. The monoisotopic (exact) mass is 523 g/mol. The Kier molecular flexibility index (Phi) is 9.03. The number of amides is 2. The van der Waals surface area contributed by atoms with E-state index in [4.69, 9.17) is 11.2 Å². The zero-order chi connectivity index (χ0) is 27.6. The minimum atomic E-state index is -0.414. The van der Waals surface area contributed by atoms with Crippen molar-refractivity contribution in [3.63, 3.8) is 0 Å². The van der Waals surface area contributed by atoms with E-state index >= 15 is 0 Å². The zero-order valence-corrected chi connectivity index (χ0v) is 21.6. The van der Waals surface area contributed by atoms with Crippen molar-refractivity contribution in [1.29, 1.82) is 0 Å². The smallest absolute Gasteiger partial charge is 0.309 e. The molecule has 39 heavy (non-hydrogen) atoms. The van der Waals surface area contributed by atoms with E-state index in [-0.39, 0.29) is 17.8 Å². The molecule has 2 amide bonds. The maximum absolute atomic E-state index is 12.9. The number of nitrogens with one attached hydrogen (secondary N) is 2. The van der Waals surface area contributed by atoms with E-state index < -0.39 is 5.91 Å². The summed E-state index contributed by atoms with van der Waals surface area (Å²) >= 11 is 0. The quantitative estimate of drug-likeness (QED) is 0.195. The van der Waals surface area contributed by atoms with Gasteiger partial charge < -0.3 is 20.3 Å². The van der Waals surface area contributed by atoms with E-state index in [1.54, 1.807) is 67.0 Å². The molecule has 0 unspecified atom stereocenters. The van der Waals surface area contributed by atoms with Gasteiger partial charge in [-0.2, -0.15) is 0 Å². The third-order valence-corrected chi connectivity index (χ3v) is 6.24. The predicted molar refractivity (Wildman–Crippen MR) is 150 cm³/mol. The van der Waals surface area contributed by atoms with Crippen molar-refractivity contribution in [2.75, 3.05) is 30.3 Å². The largest absolute Gasteiger partial charge is 0.466 e. The molecular weight excluding hydrogens is 494 g/mol. The number of para-hydroxylation sites is 1. The van der Waals surface area contributed by atoms with Gasteiger partial charge in [0.25, 0.3) is 11.8 Å². The molecular formula is C30H29N5O4. The van der Waals surface area contributed by atoms with Crippen LogP contribution in [0.3, 0.4) is 0 Å². The van der Waals surface area contributed by atoms with Gasteiger partial charge in [-0.15, -0.1) is 6.42 Å². The van der Waals surface area contributed by atoms with Crippen molar-refractivity contribution < 1.29 is 19.1 Å². The summed E-state index contributed by atoms with van der Waals surface area (Å²) in [5.41, 5.74) is 2.39. The number of aromatic nitrogens is 1. The SMILES string of the molecule is C#Cc1ccc(NC(=O)c2ccccc2NC(=O)c2ccc(N=CN3CCC(C(=O)OCC)CC3)cc2)nc1. The maximum Gasteiger partial charge on any atom is 0.309 e. The fraction of sp³-hybridized carbons (Fsp3) is 0.233. The number of terminal acetylenes is 1. The molecule has 2 N–H and O–H groups in total. The van der Waals surface area contributed by atoms with Crippen LogP contribution < -0.4 is 10.6 Å². The van der Waals surface area contributed by atoms with Crippen LogP contribution in [-0.2, 0) is 9.53 Å². The van der Waals surface area contributed by atoms with Crippen molar-refractivity contribution in [2.45, 2.75) is 19.8 Å². The summed E-state index contributed by atoms with van der Waals surface area (Å²) in [6, 6.07) is 16.9. The minimum Gasteiger partial charge on any atom is -0.466 e. The highest BCUT2D eigenvalue weighted by molar-refractivity contribution is 6.12. The Morgan fingerprint density at radius 3 is 2.46 bits per heavy atom. The summed E-state index contributed by atoms with van der Waals surface area (Å²) < 4.78 is 5.11. The van der Waals surface area contributed by atoms with Crippen molar-refractivity contribution in [2.24, 2.45) is 10.9 Å². The Bertz CT molecular complexity index is 1390. The number of nitrogens with zero attached hydrogens (tertiary/aromatic N) is 3. The lowest BCUT2D eigenvalue weighted by Crippen LogP contribution is -2.36. The number of hydrogen-bond donors (Lipinski definition) is 2. The van der Waals surface area contributed by atoms with Crippen LogP contribution >= 0.6 is 0 Å². The van der Waals surface area contributed by atoms with Crippen LogP contribution in [0, 0.1) is 18.3 Å². The van der Waals surface area contributed by atoms with Crippen LogP contribution in [0.1, 0.15) is 46.0 Å². The first-order chi connectivity index (χ1) is 19.0. The molecule has 0 atom stereocenters. The van der Waals surface area contributed by atoms with Gasteiger partial charge in [0, 0.05) is 30.4 Å².